The highest BCUT2D eigenvalue weighted by molar-refractivity contribution is 5.86. The fraction of sp³-hybridized carbons (Fsp3) is 0.630. The maximum Gasteiger partial charge on any atom is 0.315 e. The molecule has 0 radical (unpaired) electrons. The van der Waals surface area contributed by atoms with Crippen molar-refractivity contribution in [3.8, 4) is 0 Å². The fourth-order valence-corrected chi connectivity index (χ4v) is 8.95. The lowest BCUT2D eigenvalue weighted by Crippen LogP contribution is -2.53. The van der Waals surface area contributed by atoms with Gasteiger partial charge in [0.15, 0.2) is 0 Å². The van der Waals surface area contributed by atoms with Gasteiger partial charge >= 0.3 is 11.9 Å². The molecule has 1 saturated heterocycles. The summed E-state index contributed by atoms with van der Waals surface area (Å²) in [6, 6.07) is 6.27. The molecular formula is C27H31NO7. The Morgan fingerprint density at radius 2 is 2.06 bits per heavy atom. The lowest BCUT2D eigenvalue weighted by atomic mass is 9.59. The van der Waals surface area contributed by atoms with Gasteiger partial charge in [0, 0.05) is 17.9 Å². The van der Waals surface area contributed by atoms with Crippen LogP contribution in [-0.2, 0) is 19.1 Å². The Bertz CT molecular complexity index is 1160. The quantitative estimate of drug-likeness (QED) is 0.296. The molecule has 8 heteroatoms. The second kappa shape index (κ2) is 7.15. The number of allylic oxidation sites excluding steroid dienone is 1. The molecule has 0 amide bonds. The second-order valence-electron chi connectivity index (χ2n) is 11.6. The number of nitro benzene ring substituents is 1. The first-order chi connectivity index (χ1) is 16.6. The van der Waals surface area contributed by atoms with E-state index in [1.807, 2.05) is 0 Å². The SMILES string of the molecule is C=C1C[C@]23C[C@H]1CC[C@H]2[C@@]12CC[C@H](O)[C@@](C)(C(=O)O1)[C@H]2[C@@H]3C(=O)OC(C)c1ccccc1[N+](=O)[O-]. The normalized spacial score (nSPS) is 43.8. The number of aliphatic hydroxyl groups excluding tert-OH is 1. The number of hydrogen-bond acceptors (Lipinski definition) is 7. The molecule has 8 nitrogen and oxygen atoms in total. The first-order valence-electron chi connectivity index (χ1n) is 12.6. The number of esters is 2. The number of carbonyl (C=O) groups excluding carboxylic acids is 2. The molecule has 6 rings (SSSR count). The largest absolute Gasteiger partial charge is 0.458 e. The summed E-state index contributed by atoms with van der Waals surface area (Å²) < 4.78 is 12.2. The van der Waals surface area contributed by atoms with Crippen molar-refractivity contribution >= 4 is 17.6 Å². The fourth-order valence-electron chi connectivity index (χ4n) is 8.95. The molecule has 1 aliphatic heterocycles. The Labute approximate surface area is 203 Å². The van der Waals surface area contributed by atoms with Gasteiger partial charge in [-0.1, -0.05) is 24.3 Å². The van der Waals surface area contributed by atoms with Crippen molar-refractivity contribution < 1.29 is 29.1 Å². The van der Waals surface area contributed by atoms with Crippen molar-refractivity contribution in [2.45, 2.75) is 70.2 Å². The van der Waals surface area contributed by atoms with Gasteiger partial charge in [0.05, 0.1) is 27.9 Å². The summed E-state index contributed by atoms with van der Waals surface area (Å²) in [5.74, 6) is -1.68. The zero-order valence-electron chi connectivity index (χ0n) is 20.1. The van der Waals surface area contributed by atoms with Crippen molar-refractivity contribution in [3.63, 3.8) is 0 Å². The van der Waals surface area contributed by atoms with Gasteiger partial charge in [-0.25, -0.2) is 0 Å². The Kier molecular flexibility index (Phi) is 4.64. The van der Waals surface area contributed by atoms with Crippen molar-refractivity contribution in [2.24, 2.45) is 34.5 Å². The predicted octanol–water partition coefficient (Wildman–Crippen LogP) is 4.26. The smallest absolute Gasteiger partial charge is 0.315 e. The van der Waals surface area contributed by atoms with E-state index in [-0.39, 0.29) is 11.6 Å². The number of carbonyl (C=O) groups is 2. The van der Waals surface area contributed by atoms with Crippen molar-refractivity contribution in [3.05, 3.63) is 52.1 Å². The molecule has 4 saturated carbocycles. The van der Waals surface area contributed by atoms with Gasteiger partial charge in [-0.3, -0.25) is 19.7 Å². The second-order valence-corrected chi connectivity index (χ2v) is 11.6. The monoisotopic (exact) mass is 481 g/mol. The van der Waals surface area contributed by atoms with Gasteiger partial charge < -0.3 is 14.6 Å². The van der Waals surface area contributed by atoms with Crippen LogP contribution in [0.15, 0.2) is 36.4 Å². The van der Waals surface area contributed by atoms with Crippen LogP contribution in [0.25, 0.3) is 0 Å². The molecule has 5 aliphatic rings. The number of nitrogens with zero attached hydrogens (tertiary/aromatic N) is 1. The lowest BCUT2D eigenvalue weighted by molar-refractivity contribution is -0.386. The average molecular weight is 482 g/mol. The summed E-state index contributed by atoms with van der Waals surface area (Å²) in [6.45, 7) is 7.71. The number of rotatable bonds is 4. The summed E-state index contributed by atoms with van der Waals surface area (Å²) in [5.41, 5.74) is -1.04. The third-order valence-corrected chi connectivity index (χ3v) is 10.3. The molecule has 0 aromatic heterocycles. The average Bonchev–Trinajstić information content (AvgIpc) is 3.29. The zero-order chi connectivity index (χ0) is 24.9. The Morgan fingerprint density at radius 1 is 1.31 bits per heavy atom. The third kappa shape index (κ3) is 2.66. The lowest BCUT2D eigenvalue weighted by Gasteiger charge is -2.44. The molecule has 1 spiro atoms. The summed E-state index contributed by atoms with van der Waals surface area (Å²) >= 11 is 0. The molecule has 1 heterocycles. The summed E-state index contributed by atoms with van der Waals surface area (Å²) in [6.07, 6.45) is 2.57. The molecule has 1 aromatic carbocycles. The van der Waals surface area contributed by atoms with E-state index < -0.39 is 57.3 Å². The van der Waals surface area contributed by atoms with E-state index in [1.54, 1.807) is 32.0 Å². The standard InChI is InChI=1S/C27H31NO7/c1-14-12-26-13-16(14)8-9-19(26)27-11-10-20(29)25(3,24(31)35-27)22(27)21(26)23(30)34-15(2)17-6-4-5-7-18(17)28(32)33/h4-7,15-16,19-22,29H,1,8-13H2,2-3H3/t15?,16-,19-,20+,21-,22-,25-,26+,27-/m1/s1. The molecular weight excluding hydrogens is 450 g/mol. The van der Waals surface area contributed by atoms with Crippen molar-refractivity contribution in [1.29, 1.82) is 0 Å². The van der Waals surface area contributed by atoms with E-state index in [0.717, 1.165) is 24.8 Å². The zero-order valence-corrected chi connectivity index (χ0v) is 20.1. The first kappa shape index (κ1) is 22.7. The van der Waals surface area contributed by atoms with Crippen LogP contribution in [0.1, 0.15) is 64.0 Å². The van der Waals surface area contributed by atoms with Crippen LogP contribution in [0, 0.1) is 44.6 Å². The predicted molar refractivity (Wildman–Crippen MR) is 124 cm³/mol. The molecule has 5 fully saturated rings. The van der Waals surface area contributed by atoms with Crippen LogP contribution < -0.4 is 0 Å². The number of benzene rings is 1. The maximum atomic E-state index is 14.1. The van der Waals surface area contributed by atoms with Crippen molar-refractivity contribution in [1.82, 2.24) is 0 Å². The Balaban J connectivity index is 1.44. The summed E-state index contributed by atoms with van der Waals surface area (Å²) in [7, 11) is 0. The molecule has 186 valence electrons. The highest BCUT2D eigenvalue weighted by Crippen LogP contribution is 2.78. The molecule has 9 atom stereocenters. The molecule has 4 bridgehead atoms. The first-order valence-corrected chi connectivity index (χ1v) is 12.6. The Hall–Kier alpha value is -2.74. The van der Waals surface area contributed by atoms with Crippen LogP contribution in [0.3, 0.4) is 0 Å². The minimum Gasteiger partial charge on any atom is -0.458 e. The van der Waals surface area contributed by atoms with Crippen LogP contribution in [0.5, 0.6) is 0 Å². The summed E-state index contributed by atoms with van der Waals surface area (Å²) in [4.78, 5) is 38.4. The summed E-state index contributed by atoms with van der Waals surface area (Å²) in [5, 5.41) is 22.6. The van der Waals surface area contributed by atoms with Gasteiger partial charge in [-0.05, 0) is 69.8 Å². The third-order valence-electron chi connectivity index (χ3n) is 10.3. The maximum absolute atomic E-state index is 14.1. The van der Waals surface area contributed by atoms with Crippen LogP contribution >= 0.6 is 0 Å². The van der Waals surface area contributed by atoms with Crippen LogP contribution in [-0.4, -0.2) is 33.7 Å². The van der Waals surface area contributed by atoms with E-state index >= 15 is 0 Å². The van der Waals surface area contributed by atoms with E-state index in [9.17, 15) is 24.8 Å². The highest BCUT2D eigenvalue weighted by atomic mass is 16.6. The number of para-hydroxylation sites is 1. The van der Waals surface area contributed by atoms with Gasteiger partial charge in [-0.15, -0.1) is 0 Å². The molecule has 35 heavy (non-hydrogen) atoms. The van der Waals surface area contributed by atoms with E-state index in [0.29, 0.717) is 30.7 Å². The number of hydrogen-bond donors (Lipinski definition) is 1. The number of aliphatic hydroxyl groups is 1. The van der Waals surface area contributed by atoms with Gasteiger partial charge in [0.1, 0.15) is 11.7 Å². The van der Waals surface area contributed by atoms with Gasteiger partial charge in [0.2, 0.25) is 0 Å². The molecule has 4 aliphatic carbocycles. The molecule has 1 aromatic rings. The van der Waals surface area contributed by atoms with E-state index in [2.05, 4.69) is 6.58 Å². The van der Waals surface area contributed by atoms with Crippen LogP contribution in [0.4, 0.5) is 5.69 Å². The number of ether oxygens (including phenoxy) is 2. The minimum absolute atomic E-state index is 0.00712. The van der Waals surface area contributed by atoms with Gasteiger partial charge in [-0.2, -0.15) is 0 Å². The van der Waals surface area contributed by atoms with E-state index in [4.69, 9.17) is 9.47 Å². The van der Waals surface area contributed by atoms with Crippen molar-refractivity contribution in [2.75, 3.05) is 0 Å². The minimum atomic E-state index is -1.19. The Morgan fingerprint density at radius 3 is 2.80 bits per heavy atom. The molecule has 1 N–H and O–H groups in total. The van der Waals surface area contributed by atoms with Crippen LogP contribution in [0.2, 0.25) is 0 Å². The van der Waals surface area contributed by atoms with Gasteiger partial charge in [0.25, 0.3) is 5.69 Å². The number of nitro groups is 1. The highest BCUT2D eigenvalue weighted by Gasteiger charge is 2.83. The molecule has 1 unspecified atom stereocenters. The number of fused-ring (bicyclic) bond motifs is 1. The van der Waals surface area contributed by atoms with E-state index in [1.165, 1.54) is 6.07 Å². The topological polar surface area (TPSA) is 116 Å².